The Morgan fingerprint density at radius 3 is 2.58 bits per heavy atom. The van der Waals surface area contributed by atoms with Gasteiger partial charge in [-0.15, -0.1) is 0 Å². The Labute approximate surface area is 153 Å². The molecule has 0 fully saturated rings. The molecule has 1 aromatic heterocycles. The zero-order chi connectivity index (χ0) is 19.1. The van der Waals surface area contributed by atoms with E-state index in [9.17, 15) is 9.59 Å². The van der Waals surface area contributed by atoms with Crippen LogP contribution in [0.5, 0.6) is 0 Å². The number of aryl methyl sites for hydroxylation is 1. The largest absolute Gasteiger partial charge is 0.339 e. The Kier molecular flexibility index (Phi) is 6.71. The van der Waals surface area contributed by atoms with Gasteiger partial charge in [-0.3, -0.25) is 9.48 Å². The monoisotopic (exact) mass is 358 g/mol. The van der Waals surface area contributed by atoms with Crippen molar-refractivity contribution in [2.75, 3.05) is 18.4 Å². The quantitative estimate of drug-likeness (QED) is 0.794. The minimum Gasteiger partial charge on any atom is -0.339 e. The molecule has 140 valence electrons. The van der Waals surface area contributed by atoms with Crippen LogP contribution in [0.15, 0.2) is 30.9 Å². The van der Waals surface area contributed by atoms with Crippen molar-refractivity contribution in [2.24, 2.45) is 0 Å². The van der Waals surface area contributed by atoms with E-state index in [1.807, 2.05) is 27.7 Å². The van der Waals surface area contributed by atoms with Crippen molar-refractivity contribution in [1.29, 1.82) is 0 Å². The van der Waals surface area contributed by atoms with E-state index in [1.165, 1.54) is 6.33 Å². The summed E-state index contributed by atoms with van der Waals surface area (Å²) < 4.78 is 1.66. The smallest absolute Gasteiger partial charge is 0.319 e. The first-order valence-corrected chi connectivity index (χ1v) is 8.74. The minimum absolute atomic E-state index is 0.00411. The van der Waals surface area contributed by atoms with E-state index in [4.69, 9.17) is 0 Å². The molecule has 26 heavy (non-hydrogen) atoms. The van der Waals surface area contributed by atoms with E-state index in [-0.39, 0.29) is 18.0 Å². The number of aromatic nitrogens is 3. The summed E-state index contributed by atoms with van der Waals surface area (Å²) in [6.07, 6.45) is 3.06. The predicted molar refractivity (Wildman–Crippen MR) is 100 cm³/mol. The molecule has 8 nitrogen and oxygen atoms in total. The van der Waals surface area contributed by atoms with Crippen molar-refractivity contribution in [3.8, 4) is 0 Å². The topological polar surface area (TPSA) is 92.2 Å². The Hall–Kier alpha value is -2.90. The average Bonchev–Trinajstić information content (AvgIpc) is 3.10. The molecule has 0 aliphatic carbocycles. The summed E-state index contributed by atoms with van der Waals surface area (Å²) in [5, 5.41) is 9.69. The van der Waals surface area contributed by atoms with Crippen LogP contribution in [0.4, 0.5) is 10.5 Å². The first kappa shape index (κ1) is 19.4. The van der Waals surface area contributed by atoms with Crippen LogP contribution in [0.1, 0.15) is 36.7 Å². The van der Waals surface area contributed by atoms with E-state index < -0.39 is 0 Å². The number of anilines is 1. The van der Waals surface area contributed by atoms with Gasteiger partial charge in [-0.2, -0.15) is 5.10 Å². The number of nitrogens with zero attached hydrogens (tertiary/aromatic N) is 4. The van der Waals surface area contributed by atoms with Crippen molar-refractivity contribution in [2.45, 2.75) is 40.3 Å². The molecular weight excluding hydrogens is 332 g/mol. The fourth-order valence-electron chi connectivity index (χ4n) is 2.67. The van der Waals surface area contributed by atoms with Gasteiger partial charge in [0.05, 0.1) is 6.54 Å². The summed E-state index contributed by atoms with van der Waals surface area (Å²) in [5.41, 5.74) is 2.13. The standard InChI is InChI=1S/C18H26N6O2/c1-5-23(6-2)17(25)15-7-8-16(13(3)9-15)22-18(26)21-14(4)10-24-12-19-11-20-24/h7-9,11-12,14H,5-6,10H2,1-4H3,(H2,21,22,26)/t14-/m1/s1. The fourth-order valence-corrected chi connectivity index (χ4v) is 2.67. The number of amides is 3. The molecule has 3 amide bonds. The van der Waals surface area contributed by atoms with Gasteiger partial charge in [0.1, 0.15) is 12.7 Å². The van der Waals surface area contributed by atoms with Gasteiger partial charge in [0.25, 0.3) is 5.91 Å². The second-order valence-corrected chi connectivity index (χ2v) is 6.12. The molecule has 0 aliphatic heterocycles. The highest BCUT2D eigenvalue weighted by molar-refractivity contribution is 5.96. The summed E-state index contributed by atoms with van der Waals surface area (Å²) in [4.78, 5) is 30.2. The van der Waals surface area contributed by atoms with E-state index >= 15 is 0 Å². The van der Waals surface area contributed by atoms with Crippen molar-refractivity contribution >= 4 is 17.6 Å². The molecule has 2 rings (SSSR count). The lowest BCUT2D eigenvalue weighted by Crippen LogP contribution is -2.38. The Bertz CT molecular complexity index is 740. The number of rotatable bonds is 7. The maximum absolute atomic E-state index is 12.4. The number of hydrogen-bond donors (Lipinski definition) is 2. The second-order valence-electron chi connectivity index (χ2n) is 6.12. The van der Waals surface area contributed by atoms with Gasteiger partial charge in [-0.1, -0.05) is 0 Å². The van der Waals surface area contributed by atoms with Gasteiger partial charge >= 0.3 is 6.03 Å². The number of benzene rings is 1. The lowest BCUT2D eigenvalue weighted by molar-refractivity contribution is 0.0773. The minimum atomic E-state index is -0.302. The molecule has 8 heteroatoms. The zero-order valence-electron chi connectivity index (χ0n) is 15.7. The Balaban J connectivity index is 1.96. The number of nitrogens with one attached hydrogen (secondary N) is 2. The molecule has 1 aromatic carbocycles. The molecule has 2 aromatic rings. The van der Waals surface area contributed by atoms with Crippen molar-refractivity contribution < 1.29 is 9.59 Å². The third-order valence-corrected chi connectivity index (χ3v) is 4.08. The third-order valence-electron chi connectivity index (χ3n) is 4.08. The summed E-state index contributed by atoms with van der Waals surface area (Å²) in [7, 11) is 0. The molecule has 1 heterocycles. The van der Waals surface area contributed by atoms with Gasteiger partial charge in [0.15, 0.2) is 0 Å². The van der Waals surface area contributed by atoms with Crippen LogP contribution in [0.3, 0.4) is 0 Å². The molecule has 0 saturated heterocycles. The highest BCUT2D eigenvalue weighted by atomic mass is 16.2. The molecule has 2 N–H and O–H groups in total. The second kappa shape index (κ2) is 8.98. The van der Waals surface area contributed by atoms with Crippen LogP contribution in [0.25, 0.3) is 0 Å². The Morgan fingerprint density at radius 1 is 1.27 bits per heavy atom. The molecule has 0 unspecified atom stereocenters. The SMILES string of the molecule is CCN(CC)C(=O)c1ccc(NC(=O)N[C@H](C)Cn2cncn2)c(C)c1. The predicted octanol–water partition coefficient (Wildman–Crippen LogP) is 2.28. The van der Waals surface area contributed by atoms with Crippen molar-refractivity contribution in [3.63, 3.8) is 0 Å². The van der Waals surface area contributed by atoms with Crippen LogP contribution >= 0.6 is 0 Å². The van der Waals surface area contributed by atoms with E-state index in [0.717, 1.165) is 5.56 Å². The van der Waals surface area contributed by atoms with E-state index in [0.29, 0.717) is 30.9 Å². The van der Waals surface area contributed by atoms with Gasteiger partial charge in [0, 0.05) is 30.4 Å². The number of urea groups is 1. The molecule has 0 aliphatic rings. The normalized spacial score (nSPS) is 11.7. The van der Waals surface area contributed by atoms with Crippen LogP contribution in [-0.2, 0) is 6.54 Å². The van der Waals surface area contributed by atoms with Crippen LogP contribution in [0, 0.1) is 6.92 Å². The summed E-state index contributed by atoms with van der Waals surface area (Å²) in [6.45, 7) is 9.53. The van der Waals surface area contributed by atoms with Crippen LogP contribution in [0.2, 0.25) is 0 Å². The lowest BCUT2D eigenvalue weighted by Gasteiger charge is -2.19. The van der Waals surface area contributed by atoms with Crippen LogP contribution < -0.4 is 10.6 Å². The van der Waals surface area contributed by atoms with E-state index in [1.54, 1.807) is 34.1 Å². The first-order valence-electron chi connectivity index (χ1n) is 8.74. The maximum atomic E-state index is 12.4. The molecule has 0 radical (unpaired) electrons. The number of carbonyl (C=O) groups excluding carboxylic acids is 2. The van der Waals surface area contributed by atoms with Gasteiger partial charge < -0.3 is 15.5 Å². The third kappa shape index (κ3) is 5.05. The highest BCUT2D eigenvalue weighted by Gasteiger charge is 2.14. The molecular formula is C18H26N6O2. The van der Waals surface area contributed by atoms with Crippen molar-refractivity contribution in [3.05, 3.63) is 42.0 Å². The number of hydrogen-bond acceptors (Lipinski definition) is 4. The van der Waals surface area contributed by atoms with Gasteiger partial charge in [-0.25, -0.2) is 9.78 Å². The maximum Gasteiger partial charge on any atom is 0.319 e. The van der Waals surface area contributed by atoms with Crippen LogP contribution in [-0.4, -0.2) is 50.7 Å². The van der Waals surface area contributed by atoms with Gasteiger partial charge in [0.2, 0.25) is 0 Å². The Morgan fingerprint density at radius 2 is 2.00 bits per heavy atom. The van der Waals surface area contributed by atoms with E-state index in [2.05, 4.69) is 20.7 Å². The fraction of sp³-hybridized carbons (Fsp3) is 0.444. The molecule has 1 atom stereocenters. The summed E-state index contributed by atoms with van der Waals surface area (Å²) >= 11 is 0. The molecule has 0 bridgehead atoms. The molecule has 0 saturated carbocycles. The highest BCUT2D eigenvalue weighted by Crippen LogP contribution is 2.18. The van der Waals surface area contributed by atoms with Crippen molar-refractivity contribution in [1.82, 2.24) is 25.0 Å². The van der Waals surface area contributed by atoms with Gasteiger partial charge in [-0.05, 0) is 51.5 Å². The average molecular weight is 358 g/mol. The lowest BCUT2D eigenvalue weighted by atomic mass is 10.1. The zero-order valence-corrected chi connectivity index (χ0v) is 15.7. The molecule has 0 spiro atoms. The number of carbonyl (C=O) groups is 2. The summed E-state index contributed by atoms with van der Waals surface area (Å²) in [6, 6.07) is 4.88. The summed E-state index contributed by atoms with van der Waals surface area (Å²) in [5.74, 6) is -0.00411. The first-order chi connectivity index (χ1) is 12.4.